The molecule has 1 fully saturated rings. The molecule has 1 aromatic carbocycles. The number of carbonyl (C=O) groups excluding carboxylic acids is 2. The fourth-order valence-corrected chi connectivity index (χ4v) is 6.36. The summed E-state index contributed by atoms with van der Waals surface area (Å²) in [6.45, 7) is 3.76. The standard InChI is InChI=1S/C33H29ClF3N11O4/c1-3-23-27(45-10-12-46(13-11-45)30(51)26-28(50)18(2)39-17-40-26)31(52)48-32(42-29(43-48)19-6-8-44-9-7-38-24(44)14-19)47(23)16-25(49)41-22-5-4-20(15-21(22)34)33(35,36)37/h4-9,14-15,17,50H,3,10-13,16H2,1-2H3,(H,41,49). The smallest absolute Gasteiger partial charge is 0.416 e. The molecule has 0 radical (unpaired) electrons. The zero-order chi connectivity index (χ0) is 36.9. The summed E-state index contributed by atoms with van der Waals surface area (Å²) in [6, 6.07) is 6.11. The van der Waals surface area contributed by atoms with Crippen molar-refractivity contribution in [3.05, 3.63) is 93.3 Å². The monoisotopic (exact) mass is 735 g/mol. The number of pyridine rings is 1. The molecular formula is C33H29ClF3N11O4. The van der Waals surface area contributed by atoms with Crippen LogP contribution < -0.4 is 15.8 Å². The summed E-state index contributed by atoms with van der Waals surface area (Å²) in [5, 5.41) is 17.2. The second-order valence-corrected chi connectivity index (χ2v) is 12.4. The van der Waals surface area contributed by atoms with Crippen LogP contribution in [-0.2, 0) is 23.9 Å². The largest absolute Gasteiger partial charge is 0.504 e. The molecule has 0 saturated carbocycles. The van der Waals surface area contributed by atoms with E-state index in [0.717, 1.165) is 22.7 Å². The Kier molecular flexibility index (Phi) is 8.77. The number of carbonyl (C=O) groups is 2. The highest BCUT2D eigenvalue weighted by atomic mass is 35.5. The molecule has 52 heavy (non-hydrogen) atoms. The number of piperazine rings is 1. The maximum atomic E-state index is 14.3. The van der Waals surface area contributed by atoms with Gasteiger partial charge in [0.15, 0.2) is 17.3 Å². The van der Waals surface area contributed by atoms with Gasteiger partial charge in [-0.3, -0.25) is 14.4 Å². The molecule has 268 valence electrons. The lowest BCUT2D eigenvalue weighted by Crippen LogP contribution is -2.51. The van der Waals surface area contributed by atoms with Crippen LogP contribution in [0.1, 0.15) is 34.4 Å². The van der Waals surface area contributed by atoms with E-state index in [1.165, 1.54) is 15.8 Å². The molecule has 0 bridgehead atoms. The Bertz CT molecular complexity index is 2430. The SMILES string of the molecule is CCc1c(N2CCN(C(=O)c3ncnc(C)c3O)CC2)c(=O)n2nc(-c3ccn4ccnc4c3)nc2n1CC(=O)Nc1ccc(C(F)(F)F)cc1Cl. The number of imidazole rings is 1. The maximum Gasteiger partial charge on any atom is 0.416 e. The zero-order valence-corrected chi connectivity index (χ0v) is 28.4. The van der Waals surface area contributed by atoms with Crippen molar-refractivity contribution in [3.63, 3.8) is 0 Å². The average Bonchev–Trinajstić information content (AvgIpc) is 3.79. The third kappa shape index (κ3) is 6.25. The van der Waals surface area contributed by atoms with Crippen LogP contribution >= 0.6 is 11.6 Å². The van der Waals surface area contributed by atoms with Gasteiger partial charge < -0.3 is 29.2 Å². The number of aromatic hydroxyl groups is 1. The number of anilines is 2. The highest BCUT2D eigenvalue weighted by Crippen LogP contribution is 2.34. The Labute approximate surface area is 296 Å². The van der Waals surface area contributed by atoms with Crippen molar-refractivity contribution in [2.45, 2.75) is 33.0 Å². The topological polar surface area (TPSA) is 168 Å². The van der Waals surface area contributed by atoms with Gasteiger partial charge in [0.25, 0.3) is 11.5 Å². The number of alkyl halides is 3. The van der Waals surface area contributed by atoms with Crippen LogP contribution in [0, 0.1) is 6.92 Å². The molecule has 7 rings (SSSR count). The summed E-state index contributed by atoms with van der Waals surface area (Å²) in [6.07, 6.45) is 2.01. The zero-order valence-electron chi connectivity index (χ0n) is 27.6. The molecule has 5 aromatic heterocycles. The van der Waals surface area contributed by atoms with Crippen molar-refractivity contribution in [1.29, 1.82) is 0 Å². The van der Waals surface area contributed by atoms with Gasteiger partial charge in [-0.15, -0.1) is 5.10 Å². The van der Waals surface area contributed by atoms with Crippen LogP contribution in [0.2, 0.25) is 5.02 Å². The molecule has 1 saturated heterocycles. The number of aromatic nitrogens is 8. The normalized spacial score (nSPS) is 13.7. The van der Waals surface area contributed by atoms with Gasteiger partial charge in [-0.05, 0) is 43.7 Å². The summed E-state index contributed by atoms with van der Waals surface area (Å²) in [7, 11) is 0. The first kappa shape index (κ1) is 34.4. The van der Waals surface area contributed by atoms with Crippen molar-refractivity contribution in [2.24, 2.45) is 0 Å². The lowest BCUT2D eigenvalue weighted by Gasteiger charge is -2.36. The molecule has 0 atom stereocenters. The van der Waals surface area contributed by atoms with Crippen molar-refractivity contribution < 1.29 is 27.9 Å². The summed E-state index contributed by atoms with van der Waals surface area (Å²) in [4.78, 5) is 61.2. The Balaban J connectivity index is 1.26. The second kappa shape index (κ2) is 13.3. The van der Waals surface area contributed by atoms with Gasteiger partial charge in [-0.1, -0.05) is 18.5 Å². The minimum absolute atomic E-state index is 0.0316. The van der Waals surface area contributed by atoms with Crippen LogP contribution in [0.15, 0.2) is 60.0 Å². The first-order valence-electron chi connectivity index (χ1n) is 16.0. The number of rotatable bonds is 7. The van der Waals surface area contributed by atoms with Crippen LogP contribution in [-0.4, -0.2) is 86.5 Å². The predicted octanol–water partition coefficient (Wildman–Crippen LogP) is 3.85. The average molecular weight is 736 g/mol. The van der Waals surface area contributed by atoms with Crippen LogP contribution in [0.4, 0.5) is 24.5 Å². The van der Waals surface area contributed by atoms with E-state index >= 15 is 0 Å². The van der Waals surface area contributed by atoms with E-state index in [-0.39, 0.29) is 77.7 Å². The molecule has 19 heteroatoms. The van der Waals surface area contributed by atoms with Gasteiger partial charge in [-0.2, -0.15) is 22.7 Å². The van der Waals surface area contributed by atoms with Gasteiger partial charge in [0, 0.05) is 50.3 Å². The van der Waals surface area contributed by atoms with E-state index < -0.39 is 35.7 Å². The number of amides is 2. The number of hydrogen-bond donors (Lipinski definition) is 2. The van der Waals surface area contributed by atoms with Crippen molar-refractivity contribution in [2.75, 3.05) is 36.4 Å². The number of benzene rings is 1. The molecule has 0 spiro atoms. The van der Waals surface area contributed by atoms with E-state index in [2.05, 4.69) is 30.4 Å². The number of fused-ring (bicyclic) bond motifs is 2. The van der Waals surface area contributed by atoms with E-state index in [0.29, 0.717) is 16.9 Å². The molecule has 2 N–H and O–H groups in total. The maximum absolute atomic E-state index is 14.3. The number of nitrogens with zero attached hydrogens (tertiary/aromatic N) is 10. The number of halogens is 4. The van der Waals surface area contributed by atoms with E-state index in [4.69, 9.17) is 11.6 Å². The molecule has 1 aliphatic rings. The number of nitrogens with one attached hydrogen (secondary N) is 1. The molecule has 2 amide bonds. The molecule has 6 aromatic rings. The summed E-state index contributed by atoms with van der Waals surface area (Å²) >= 11 is 6.13. The Morgan fingerprint density at radius 2 is 1.81 bits per heavy atom. The molecule has 0 unspecified atom stereocenters. The van der Waals surface area contributed by atoms with Crippen LogP contribution in [0.5, 0.6) is 5.75 Å². The summed E-state index contributed by atoms with van der Waals surface area (Å²) in [5.74, 6) is -1.19. The van der Waals surface area contributed by atoms with Gasteiger partial charge in [-0.25, -0.2) is 15.0 Å². The lowest BCUT2D eigenvalue weighted by molar-refractivity contribution is -0.137. The van der Waals surface area contributed by atoms with Gasteiger partial charge >= 0.3 is 6.18 Å². The molecular weight excluding hydrogens is 707 g/mol. The lowest BCUT2D eigenvalue weighted by atomic mass is 10.2. The van der Waals surface area contributed by atoms with Crippen LogP contribution in [0.3, 0.4) is 0 Å². The summed E-state index contributed by atoms with van der Waals surface area (Å²) < 4.78 is 44.1. The molecule has 1 aliphatic heterocycles. The molecule has 0 aliphatic carbocycles. The molecule has 6 heterocycles. The van der Waals surface area contributed by atoms with E-state index in [1.807, 2.05) is 0 Å². The van der Waals surface area contributed by atoms with Gasteiger partial charge in [0.2, 0.25) is 11.7 Å². The van der Waals surface area contributed by atoms with Gasteiger partial charge in [0.05, 0.1) is 27.7 Å². The molecule has 15 nitrogen and oxygen atoms in total. The first-order chi connectivity index (χ1) is 24.8. The van der Waals surface area contributed by atoms with Crippen molar-refractivity contribution in [3.8, 4) is 17.1 Å². The van der Waals surface area contributed by atoms with Crippen LogP contribution in [0.25, 0.3) is 22.8 Å². The number of aryl methyl sites for hydroxylation is 1. The third-order valence-electron chi connectivity index (χ3n) is 8.78. The third-order valence-corrected chi connectivity index (χ3v) is 9.09. The second-order valence-electron chi connectivity index (χ2n) is 12.0. The van der Waals surface area contributed by atoms with E-state index in [1.54, 1.807) is 53.9 Å². The number of hydrogen-bond acceptors (Lipinski definition) is 10. The fourth-order valence-electron chi connectivity index (χ4n) is 6.13. The van der Waals surface area contributed by atoms with Gasteiger partial charge in [0.1, 0.15) is 24.2 Å². The minimum Gasteiger partial charge on any atom is -0.504 e. The Hall–Kier alpha value is -6.04. The fraction of sp³-hybridized carbons (Fsp3) is 0.273. The predicted molar refractivity (Wildman–Crippen MR) is 182 cm³/mol. The van der Waals surface area contributed by atoms with E-state index in [9.17, 15) is 32.7 Å². The minimum atomic E-state index is -4.62. The first-order valence-corrected chi connectivity index (χ1v) is 16.4. The Morgan fingerprint density at radius 3 is 2.52 bits per heavy atom. The summed E-state index contributed by atoms with van der Waals surface area (Å²) in [5.41, 5.74) is 0.500. The van der Waals surface area contributed by atoms with Crippen molar-refractivity contribution >= 4 is 46.2 Å². The van der Waals surface area contributed by atoms with Crippen molar-refractivity contribution in [1.82, 2.24) is 43.4 Å². The highest BCUT2D eigenvalue weighted by molar-refractivity contribution is 6.33. The quantitative estimate of drug-likeness (QED) is 0.246. The highest BCUT2D eigenvalue weighted by Gasteiger charge is 2.32. The Morgan fingerprint density at radius 1 is 1.04 bits per heavy atom.